The third-order valence-corrected chi connectivity index (χ3v) is 3.96. The molecule has 0 aliphatic carbocycles. The van der Waals surface area contributed by atoms with Crippen LogP contribution in [0.25, 0.3) is 0 Å². The maximum atomic E-state index is 11.6. The third-order valence-electron chi connectivity index (χ3n) is 3.96. The molecular formula is C16H32N2O. The second-order valence-corrected chi connectivity index (χ2v) is 5.77. The van der Waals surface area contributed by atoms with E-state index in [1.54, 1.807) is 0 Å². The number of rotatable bonds is 10. The van der Waals surface area contributed by atoms with Crippen molar-refractivity contribution < 1.29 is 4.79 Å². The van der Waals surface area contributed by atoms with Gasteiger partial charge >= 0.3 is 0 Å². The highest BCUT2D eigenvalue weighted by Gasteiger charge is 2.09. The van der Waals surface area contributed by atoms with Crippen LogP contribution in [0.5, 0.6) is 0 Å². The van der Waals surface area contributed by atoms with Crippen molar-refractivity contribution in [2.75, 3.05) is 26.2 Å². The SMILES string of the molecule is CCCCCCCCC(=O)NCCN1CCCCC1. The van der Waals surface area contributed by atoms with Crippen molar-refractivity contribution in [3.05, 3.63) is 0 Å². The van der Waals surface area contributed by atoms with Gasteiger partial charge in [-0.1, -0.05) is 45.4 Å². The largest absolute Gasteiger partial charge is 0.355 e. The molecule has 1 N–H and O–H groups in total. The van der Waals surface area contributed by atoms with Crippen LogP contribution in [0.3, 0.4) is 0 Å². The normalized spacial score (nSPS) is 16.5. The van der Waals surface area contributed by atoms with Crippen molar-refractivity contribution in [3.8, 4) is 0 Å². The van der Waals surface area contributed by atoms with Gasteiger partial charge < -0.3 is 10.2 Å². The lowest BCUT2D eigenvalue weighted by atomic mass is 10.1. The highest BCUT2D eigenvalue weighted by Crippen LogP contribution is 2.08. The van der Waals surface area contributed by atoms with Gasteiger partial charge in [0.05, 0.1) is 0 Å². The molecule has 0 radical (unpaired) electrons. The van der Waals surface area contributed by atoms with E-state index in [9.17, 15) is 4.79 Å². The van der Waals surface area contributed by atoms with Crippen LogP contribution >= 0.6 is 0 Å². The Morgan fingerprint density at radius 3 is 2.42 bits per heavy atom. The fourth-order valence-corrected chi connectivity index (χ4v) is 2.69. The Kier molecular flexibility index (Phi) is 9.78. The molecule has 0 aromatic heterocycles. The molecule has 1 rings (SSSR count). The molecule has 1 fully saturated rings. The monoisotopic (exact) mass is 268 g/mol. The van der Waals surface area contributed by atoms with Crippen LogP contribution in [0, 0.1) is 0 Å². The van der Waals surface area contributed by atoms with Gasteiger partial charge in [-0.25, -0.2) is 0 Å². The lowest BCUT2D eigenvalue weighted by molar-refractivity contribution is -0.121. The van der Waals surface area contributed by atoms with E-state index in [2.05, 4.69) is 17.1 Å². The summed E-state index contributed by atoms with van der Waals surface area (Å²) >= 11 is 0. The smallest absolute Gasteiger partial charge is 0.220 e. The summed E-state index contributed by atoms with van der Waals surface area (Å²) in [6, 6.07) is 0. The van der Waals surface area contributed by atoms with Crippen molar-refractivity contribution in [3.63, 3.8) is 0 Å². The van der Waals surface area contributed by atoms with Gasteiger partial charge in [0, 0.05) is 19.5 Å². The standard InChI is InChI=1S/C16H32N2O/c1-2-3-4-5-6-8-11-16(19)17-12-15-18-13-9-7-10-14-18/h2-15H2,1H3,(H,17,19). The summed E-state index contributed by atoms with van der Waals surface area (Å²) in [5.41, 5.74) is 0. The zero-order chi connectivity index (χ0) is 13.8. The van der Waals surface area contributed by atoms with Gasteiger partial charge in [-0.05, 0) is 32.4 Å². The number of amides is 1. The summed E-state index contributed by atoms with van der Waals surface area (Å²) in [6.45, 7) is 6.52. The number of carbonyl (C=O) groups excluding carboxylic acids is 1. The Morgan fingerprint density at radius 2 is 1.68 bits per heavy atom. The van der Waals surface area contributed by atoms with E-state index in [0.29, 0.717) is 6.42 Å². The molecular weight excluding hydrogens is 236 g/mol. The van der Waals surface area contributed by atoms with E-state index in [-0.39, 0.29) is 5.91 Å². The van der Waals surface area contributed by atoms with E-state index < -0.39 is 0 Å². The number of carbonyl (C=O) groups is 1. The highest BCUT2D eigenvalue weighted by molar-refractivity contribution is 5.75. The molecule has 0 saturated carbocycles. The summed E-state index contributed by atoms with van der Waals surface area (Å²) in [6.07, 6.45) is 12.2. The first-order chi connectivity index (χ1) is 9.33. The van der Waals surface area contributed by atoms with E-state index in [1.165, 1.54) is 64.5 Å². The average Bonchev–Trinajstić information content (AvgIpc) is 2.44. The van der Waals surface area contributed by atoms with Crippen LogP contribution in [0.1, 0.15) is 71.1 Å². The summed E-state index contributed by atoms with van der Waals surface area (Å²) in [4.78, 5) is 14.1. The molecule has 0 unspecified atom stereocenters. The lowest BCUT2D eigenvalue weighted by Crippen LogP contribution is -2.37. The Morgan fingerprint density at radius 1 is 1.00 bits per heavy atom. The number of piperidine rings is 1. The van der Waals surface area contributed by atoms with Crippen molar-refractivity contribution >= 4 is 5.91 Å². The molecule has 1 aliphatic heterocycles. The zero-order valence-electron chi connectivity index (χ0n) is 12.8. The van der Waals surface area contributed by atoms with Gasteiger partial charge in [0.25, 0.3) is 0 Å². The molecule has 3 heteroatoms. The molecule has 1 amide bonds. The van der Waals surface area contributed by atoms with Gasteiger partial charge in [0.1, 0.15) is 0 Å². The Bertz CT molecular complexity index is 225. The van der Waals surface area contributed by atoms with Gasteiger partial charge in [-0.2, -0.15) is 0 Å². The van der Waals surface area contributed by atoms with Crippen LogP contribution < -0.4 is 5.32 Å². The summed E-state index contributed by atoms with van der Waals surface area (Å²) in [7, 11) is 0. The molecule has 19 heavy (non-hydrogen) atoms. The average molecular weight is 268 g/mol. The number of unbranched alkanes of at least 4 members (excludes halogenated alkanes) is 5. The number of likely N-dealkylation sites (tertiary alicyclic amines) is 1. The van der Waals surface area contributed by atoms with Gasteiger partial charge in [-0.15, -0.1) is 0 Å². The first-order valence-electron chi connectivity index (χ1n) is 8.32. The molecule has 1 aliphatic rings. The second kappa shape index (κ2) is 11.3. The third kappa shape index (κ3) is 9.04. The number of hydrogen-bond acceptors (Lipinski definition) is 2. The minimum absolute atomic E-state index is 0.243. The molecule has 0 bridgehead atoms. The summed E-state index contributed by atoms with van der Waals surface area (Å²) < 4.78 is 0. The molecule has 0 spiro atoms. The molecule has 1 saturated heterocycles. The number of nitrogens with one attached hydrogen (secondary N) is 1. The predicted octanol–water partition coefficient (Wildman–Crippen LogP) is 3.34. The van der Waals surface area contributed by atoms with Crippen LogP contribution in [0.4, 0.5) is 0 Å². The van der Waals surface area contributed by atoms with Crippen LogP contribution in [-0.4, -0.2) is 37.0 Å². The zero-order valence-corrected chi connectivity index (χ0v) is 12.8. The van der Waals surface area contributed by atoms with Crippen LogP contribution in [0.2, 0.25) is 0 Å². The van der Waals surface area contributed by atoms with Crippen molar-refractivity contribution in [1.82, 2.24) is 10.2 Å². The van der Waals surface area contributed by atoms with Crippen LogP contribution in [0.15, 0.2) is 0 Å². The molecule has 112 valence electrons. The fourth-order valence-electron chi connectivity index (χ4n) is 2.69. The minimum Gasteiger partial charge on any atom is -0.355 e. The maximum Gasteiger partial charge on any atom is 0.220 e. The Balaban J connectivity index is 1.87. The number of nitrogens with zero attached hydrogens (tertiary/aromatic N) is 1. The van der Waals surface area contributed by atoms with E-state index >= 15 is 0 Å². The summed E-state index contributed by atoms with van der Waals surface area (Å²) in [5, 5.41) is 3.05. The van der Waals surface area contributed by atoms with Gasteiger partial charge in [0.2, 0.25) is 5.91 Å². The second-order valence-electron chi connectivity index (χ2n) is 5.77. The number of hydrogen-bond donors (Lipinski definition) is 1. The highest BCUT2D eigenvalue weighted by atomic mass is 16.1. The lowest BCUT2D eigenvalue weighted by Gasteiger charge is -2.26. The van der Waals surface area contributed by atoms with Crippen molar-refractivity contribution in [1.29, 1.82) is 0 Å². The van der Waals surface area contributed by atoms with Crippen LogP contribution in [-0.2, 0) is 4.79 Å². The van der Waals surface area contributed by atoms with E-state index in [4.69, 9.17) is 0 Å². The summed E-state index contributed by atoms with van der Waals surface area (Å²) in [5.74, 6) is 0.243. The fraction of sp³-hybridized carbons (Fsp3) is 0.938. The van der Waals surface area contributed by atoms with Crippen molar-refractivity contribution in [2.24, 2.45) is 0 Å². The molecule has 0 aromatic carbocycles. The minimum atomic E-state index is 0.243. The van der Waals surface area contributed by atoms with Gasteiger partial charge in [-0.3, -0.25) is 4.79 Å². The first-order valence-corrected chi connectivity index (χ1v) is 8.32. The quantitative estimate of drug-likeness (QED) is 0.616. The van der Waals surface area contributed by atoms with Crippen molar-refractivity contribution in [2.45, 2.75) is 71.1 Å². The van der Waals surface area contributed by atoms with Gasteiger partial charge in [0.15, 0.2) is 0 Å². The maximum absolute atomic E-state index is 11.6. The van der Waals surface area contributed by atoms with E-state index in [1.807, 2.05) is 0 Å². The molecule has 1 heterocycles. The topological polar surface area (TPSA) is 32.3 Å². The Hall–Kier alpha value is -0.570. The molecule has 3 nitrogen and oxygen atoms in total. The predicted molar refractivity (Wildman–Crippen MR) is 81.3 cm³/mol. The first kappa shape index (κ1) is 16.5. The van der Waals surface area contributed by atoms with E-state index in [0.717, 1.165) is 19.5 Å². The Labute approximate surface area is 119 Å². The molecule has 0 aromatic rings. The molecule has 0 atom stereocenters.